The van der Waals surface area contributed by atoms with E-state index in [1.165, 1.54) is 11.3 Å². The lowest BCUT2D eigenvalue weighted by Crippen LogP contribution is -2.28. The van der Waals surface area contributed by atoms with Gasteiger partial charge in [-0.25, -0.2) is 4.79 Å². The fraction of sp³-hybridized carbons (Fsp3) is 0.250. The molecule has 0 spiro atoms. The van der Waals surface area contributed by atoms with Crippen molar-refractivity contribution in [1.82, 2.24) is 5.32 Å². The van der Waals surface area contributed by atoms with Crippen molar-refractivity contribution in [1.29, 1.82) is 0 Å². The molecule has 8 heteroatoms. The molecule has 0 aliphatic heterocycles. The summed E-state index contributed by atoms with van der Waals surface area (Å²) in [7, 11) is 3.20. The lowest BCUT2D eigenvalue weighted by atomic mass is 10.0. The monoisotopic (exact) mass is 470 g/mol. The van der Waals surface area contributed by atoms with Crippen molar-refractivity contribution >= 4 is 39.6 Å². The van der Waals surface area contributed by atoms with Gasteiger partial charge in [0.05, 0.1) is 20.8 Å². The van der Waals surface area contributed by atoms with Crippen LogP contribution in [0.1, 0.15) is 27.7 Å². The molecule has 0 saturated heterocycles. The van der Waals surface area contributed by atoms with Gasteiger partial charge in [0.2, 0.25) is 0 Å². The average molecular weight is 471 g/mol. The van der Waals surface area contributed by atoms with Gasteiger partial charge in [0, 0.05) is 17.0 Å². The van der Waals surface area contributed by atoms with Crippen LogP contribution in [-0.4, -0.2) is 31.9 Å². The van der Waals surface area contributed by atoms with Crippen LogP contribution < -0.4 is 20.1 Å². The van der Waals surface area contributed by atoms with Gasteiger partial charge in [-0.1, -0.05) is 36.4 Å². The summed E-state index contributed by atoms with van der Waals surface area (Å²) < 4.78 is 16.0. The summed E-state index contributed by atoms with van der Waals surface area (Å²) in [6, 6.07) is 15.5. The van der Waals surface area contributed by atoms with Crippen molar-refractivity contribution in [3.8, 4) is 22.6 Å². The van der Waals surface area contributed by atoms with Gasteiger partial charge in [-0.15, -0.1) is 11.3 Å². The molecule has 0 saturated carbocycles. The molecule has 168 valence electrons. The minimum absolute atomic E-state index is 0.295. The largest absolute Gasteiger partial charge is 0.493 e. The fourth-order valence-corrected chi connectivity index (χ4v) is 4.61. The summed E-state index contributed by atoms with van der Waals surface area (Å²) in [5.41, 5.74) is 3.29. The molecule has 0 amide bonds. The van der Waals surface area contributed by atoms with Crippen molar-refractivity contribution in [2.75, 3.05) is 26.1 Å². The van der Waals surface area contributed by atoms with Gasteiger partial charge in [-0.2, -0.15) is 0 Å². The lowest BCUT2D eigenvalue weighted by Gasteiger charge is -2.13. The molecule has 0 atom stereocenters. The van der Waals surface area contributed by atoms with Crippen molar-refractivity contribution in [3.05, 3.63) is 64.5 Å². The van der Waals surface area contributed by atoms with Crippen molar-refractivity contribution < 1.29 is 19.0 Å². The normalized spacial score (nSPS) is 10.4. The molecule has 1 heterocycles. The third-order valence-electron chi connectivity index (χ3n) is 4.75. The van der Waals surface area contributed by atoms with Gasteiger partial charge in [0.1, 0.15) is 10.6 Å². The molecule has 2 aromatic carbocycles. The Morgan fingerprint density at radius 1 is 1.06 bits per heavy atom. The molecule has 3 aromatic rings. The standard InChI is InChI=1S/C24H26N2O4S2/c1-5-30-23(27)21-20(17-9-7-6-8-10-17)15(2)32-22(21)26-24(31)25-14-16-11-12-18(28-3)19(13-16)29-4/h6-13H,5,14H2,1-4H3,(H2,25,26,31). The predicted molar refractivity (Wildman–Crippen MR) is 133 cm³/mol. The lowest BCUT2D eigenvalue weighted by molar-refractivity contribution is 0.0529. The highest BCUT2D eigenvalue weighted by Gasteiger charge is 2.24. The van der Waals surface area contributed by atoms with Gasteiger partial charge >= 0.3 is 5.97 Å². The Balaban J connectivity index is 1.81. The van der Waals surface area contributed by atoms with E-state index >= 15 is 0 Å². The number of anilines is 1. The Morgan fingerprint density at radius 2 is 1.78 bits per heavy atom. The summed E-state index contributed by atoms with van der Waals surface area (Å²) in [5, 5.41) is 7.43. The highest BCUT2D eigenvalue weighted by molar-refractivity contribution is 7.80. The molecular formula is C24H26N2O4S2. The number of aryl methyl sites for hydroxylation is 1. The molecule has 32 heavy (non-hydrogen) atoms. The van der Waals surface area contributed by atoms with Crippen LogP contribution in [0, 0.1) is 6.92 Å². The smallest absolute Gasteiger partial charge is 0.341 e. The number of carbonyl (C=O) groups excluding carboxylic acids is 1. The second-order valence-corrected chi connectivity index (χ2v) is 8.45. The van der Waals surface area contributed by atoms with Crippen molar-refractivity contribution in [2.24, 2.45) is 0 Å². The second kappa shape index (κ2) is 11.0. The maximum atomic E-state index is 12.8. The molecule has 2 N–H and O–H groups in total. The number of nitrogens with one attached hydrogen (secondary N) is 2. The van der Waals surface area contributed by atoms with Crippen LogP contribution in [0.2, 0.25) is 0 Å². The number of rotatable bonds is 8. The molecule has 6 nitrogen and oxygen atoms in total. The van der Waals surface area contributed by atoms with E-state index in [2.05, 4.69) is 10.6 Å². The van der Waals surface area contributed by atoms with Crippen LogP contribution in [0.25, 0.3) is 11.1 Å². The van der Waals surface area contributed by atoms with E-state index in [-0.39, 0.29) is 5.97 Å². The molecular weight excluding hydrogens is 444 g/mol. The summed E-state index contributed by atoms with van der Waals surface area (Å²) in [6.07, 6.45) is 0. The van der Waals surface area contributed by atoms with Crippen molar-refractivity contribution in [3.63, 3.8) is 0 Å². The zero-order valence-corrected chi connectivity index (χ0v) is 20.1. The number of thiocarbonyl (C=S) groups is 1. The van der Waals surface area contributed by atoms with E-state index in [0.29, 0.717) is 40.3 Å². The van der Waals surface area contributed by atoms with E-state index in [4.69, 9.17) is 26.4 Å². The summed E-state index contributed by atoms with van der Waals surface area (Å²) in [4.78, 5) is 13.8. The molecule has 0 aliphatic rings. The maximum Gasteiger partial charge on any atom is 0.341 e. The molecule has 1 aromatic heterocycles. The SMILES string of the molecule is CCOC(=O)c1c(NC(=S)NCc2ccc(OC)c(OC)c2)sc(C)c1-c1ccccc1. The predicted octanol–water partition coefficient (Wildman–Crippen LogP) is 5.40. The average Bonchev–Trinajstić information content (AvgIpc) is 3.13. The second-order valence-electron chi connectivity index (χ2n) is 6.82. The number of ether oxygens (including phenoxy) is 3. The zero-order chi connectivity index (χ0) is 23.1. The highest BCUT2D eigenvalue weighted by Crippen LogP contribution is 2.40. The van der Waals surface area contributed by atoms with E-state index < -0.39 is 0 Å². The minimum atomic E-state index is -0.374. The molecule has 0 unspecified atom stereocenters. The number of methoxy groups -OCH3 is 2. The van der Waals surface area contributed by atoms with E-state index in [0.717, 1.165) is 21.6 Å². The zero-order valence-electron chi connectivity index (χ0n) is 18.5. The van der Waals surface area contributed by atoms with Crippen molar-refractivity contribution in [2.45, 2.75) is 20.4 Å². The maximum absolute atomic E-state index is 12.8. The van der Waals surface area contributed by atoms with E-state index in [1.54, 1.807) is 21.1 Å². The number of thiophene rings is 1. The molecule has 0 fully saturated rings. The topological polar surface area (TPSA) is 68.8 Å². The van der Waals surface area contributed by atoms with Crippen LogP contribution >= 0.6 is 23.6 Å². The Morgan fingerprint density at radius 3 is 2.44 bits per heavy atom. The number of carbonyl (C=O) groups is 1. The number of esters is 1. The number of benzene rings is 2. The van der Waals surface area contributed by atoms with E-state index in [9.17, 15) is 4.79 Å². The Labute approximate surface area is 197 Å². The Bertz CT molecular complexity index is 1100. The Hall–Kier alpha value is -3.10. The summed E-state index contributed by atoms with van der Waals surface area (Å²) >= 11 is 6.98. The van der Waals surface area contributed by atoms with Gasteiger partial charge in [-0.05, 0) is 49.3 Å². The molecule has 0 radical (unpaired) electrons. The van der Waals surface area contributed by atoms with Gasteiger partial charge in [-0.3, -0.25) is 0 Å². The fourth-order valence-electron chi connectivity index (χ4n) is 3.30. The third kappa shape index (κ3) is 5.38. The first-order valence-electron chi connectivity index (χ1n) is 10.1. The summed E-state index contributed by atoms with van der Waals surface area (Å²) in [5.74, 6) is 0.941. The van der Waals surface area contributed by atoms with Gasteiger partial charge in [0.25, 0.3) is 0 Å². The minimum Gasteiger partial charge on any atom is -0.493 e. The van der Waals surface area contributed by atoms with Crippen LogP contribution in [-0.2, 0) is 11.3 Å². The van der Waals surface area contributed by atoms with Gasteiger partial charge in [0.15, 0.2) is 16.6 Å². The van der Waals surface area contributed by atoms with Gasteiger partial charge < -0.3 is 24.8 Å². The van der Waals surface area contributed by atoms with Crippen LogP contribution in [0.5, 0.6) is 11.5 Å². The van der Waals surface area contributed by atoms with Crippen LogP contribution in [0.15, 0.2) is 48.5 Å². The third-order valence-corrected chi connectivity index (χ3v) is 6.02. The number of hydrogen-bond donors (Lipinski definition) is 2. The Kier molecular flexibility index (Phi) is 8.08. The van der Waals surface area contributed by atoms with E-state index in [1.807, 2.05) is 55.5 Å². The van der Waals surface area contributed by atoms with Crippen LogP contribution in [0.4, 0.5) is 5.00 Å². The first-order chi connectivity index (χ1) is 15.5. The summed E-state index contributed by atoms with van der Waals surface area (Å²) in [6.45, 7) is 4.56. The first-order valence-corrected chi connectivity index (χ1v) is 11.3. The number of hydrogen-bond acceptors (Lipinski definition) is 6. The molecule has 0 aliphatic carbocycles. The van der Waals surface area contributed by atoms with Crippen LogP contribution in [0.3, 0.4) is 0 Å². The molecule has 0 bridgehead atoms. The highest BCUT2D eigenvalue weighted by atomic mass is 32.1. The first kappa shape index (κ1) is 23.6. The quantitative estimate of drug-likeness (QED) is 0.337. The molecule has 3 rings (SSSR count).